The molecule has 0 aromatic carbocycles. The Kier molecular flexibility index (Phi) is 4.22. The lowest BCUT2D eigenvalue weighted by molar-refractivity contribution is 0.253. The molecule has 90 valence electrons. The number of hydrogen-bond acceptors (Lipinski definition) is 5. The summed E-state index contributed by atoms with van der Waals surface area (Å²) >= 11 is 0. The van der Waals surface area contributed by atoms with E-state index in [1.165, 1.54) is 18.3 Å². The van der Waals surface area contributed by atoms with E-state index in [2.05, 4.69) is 4.98 Å². The van der Waals surface area contributed by atoms with Gasteiger partial charge in [0.1, 0.15) is 11.5 Å². The number of ether oxygens (including phenoxy) is 1. The smallest absolute Gasteiger partial charge is 0.239 e. The number of likely N-dealkylation sites (N-methyl/N-ethyl adjacent to an activating group) is 1. The molecule has 1 heterocycles. The maximum atomic E-state index is 10.9. The molecule has 7 heteroatoms. The van der Waals surface area contributed by atoms with Gasteiger partial charge in [-0.2, -0.15) is 0 Å². The molecular weight excluding hydrogens is 230 g/mol. The zero-order valence-corrected chi connectivity index (χ0v) is 10.1. The highest BCUT2D eigenvalue weighted by molar-refractivity contribution is 7.89. The van der Waals surface area contributed by atoms with Gasteiger partial charge in [-0.3, -0.25) is 0 Å². The second-order valence-corrected chi connectivity index (χ2v) is 5.09. The highest BCUT2D eigenvalue weighted by Crippen LogP contribution is 2.10. The number of sulfonamides is 1. The lowest BCUT2D eigenvalue weighted by Gasteiger charge is -2.10. The van der Waals surface area contributed by atoms with Crippen molar-refractivity contribution in [2.45, 2.75) is 4.90 Å². The van der Waals surface area contributed by atoms with Gasteiger partial charge in [0.05, 0.1) is 6.20 Å². The molecule has 0 aliphatic heterocycles. The van der Waals surface area contributed by atoms with Crippen molar-refractivity contribution in [3.63, 3.8) is 0 Å². The molecule has 0 saturated heterocycles. The van der Waals surface area contributed by atoms with Crippen molar-refractivity contribution < 1.29 is 13.2 Å². The van der Waals surface area contributed by atoms with E-state index in [-0.39, 0.29) is 4.90 Å². The van der Waals surface area contributed by atoms with Gasteiger partial charge >= 0.3 is 0 Å². The summed E-state index contributed by atoms with van der Waals surface area (Å²) in [7, 11) is 0.183. The monoisotopic (exact) mass is 245 g/mol. The lowest BCUT2D eigenvalue weighted by Crippen LogP contribution is -2.19. The molecule has 6 nitrogen and oxygen atoms in total. The summed E-state index contributed by atoms with van der Waals surface area (Å²) in [6.45, 7) is 1.26. The Balaban J connectivity index is 2.59. The second kappa shape index (κ2) is 5.24. The predicted molar refractivity (Wildman–Crippen MR) is 59.7 cm³/mol. The Bertz CT molecular complexity index is 428. The Hall–Kier alpha value is -1.18. The van der Waals surface area contributed by atoms with E-state index in [1.54, 1.807) is 0 Å². The van der Waals surface area contributed by atoms with Gasteiger partial charge in [0.15, 0.2) is 0 Å². The van der Waals surface area contributed by atoms with Crippen molar-refractivity contribution in [1.82, 2.24) is 9.88 Å². The molecule has 0 aliphatic carbocycles. The van der Waals surface area contributed by atoms with Crippen molar-refractivity contribution in [2.24, 2.45) is 5.14 Å². The highest BCUT2D eigenvalue weighted by atomic mass is 32.2. The molecule has 2 N–H and O–H groups in total. The van der Waals surface area contributed by atoms with Crippen LogP contribution in [0.3, 0.4) is 0 Å². The van der Waals surface area contributed by atoms with E-state index in [9.17, 15) is 8.42 Å². The van der Waals surface area contributed by atoms with E-state index in [1.807, 2.05) is 19.0 Å². The van der Waals surface area contributed by atoms with Crippen molar-refractivity contribution in [1.29, 1.82) is 0 Å². The SMILES string of the molecule is CN(C)CCOc1ccc(S(N)(=O)=O)cn1. The van der Waals surface area contributed by atoms with Crippen molar-refractivity contribution >= 4 is 10.0 Å². The largest absolute Gasteiger partial charge is 0.476 e. The first-order valence-corrected chi connectivity index (χ1v) is 6.20. The highest BCUT2D eigenvalue weighted by Gasteiger charge is 2.07. The van der Waals surface area contributed by atoms with Gasteiger partial charge < -0.3 is 9.64 Å². The number of nitrogens with two attached hydrogens (primary N) is 1. The van der Waals surface area contributed by atoms with E-state index in [0.717, 1.165) is 6.54 Å². The number of pyridine rings is 1. The van der Waals surface area contributed by atoms with E-state index >= 15 is 0 Å². The second-order valence-electron chi connectivity index (χ2n) is 3.53. The molecule has 16 heavy (non-hydrogen) atoms. The zero-order chi connectivity index (χ0) is 12.2. The third-order valence-corrected chi connectivity index (χ3v) is 2.72. The van der Waals surface area contributed by atoms with Crippen molar-refractivity contribution in [2.75, 3.05) is 27.2 Å². The summed E-state index contributed by atoms with van der Waals surface area (Å²) in [6.07, 6.45) is 1.18. The zero-order valence-electron chi connectivity index (χ0n) is 9.25. The number of aromatic nitrogens is 1. The van der Waals surface area contributed by atoms with Crippen LogP contribution in [0.2, 0.25) is 0 Å². The van der Waals surface area contributed by atoms with Gasteiger partial charge in [-0.25, -0.2) is 18.5 Å². The van der Waals surface area contributed by atoms with Gasteiger partial charge in [0.2, 0.25) is 15.9 Å². The van der Waals surface area contributed by atoms with E-state index in [4.69, 9.17) is 9.88 Å². The van der Waals surface area contributed by atoms with Crippen LogP contribution in [0.5, 0.6) is 5.88 Å². The van der Waals surface area contributed by atoms with Crippen LogP contribution in [0, 0.1) is 0 Å². The molecular formula is C9H15N3O3S. The van der Waals surface area contributed by atoms with E-state index < -0.39 is 10.0 Å². The van der Waals surface area contributed by atoms with Crippen LogP contribution >= 0.6 is 0 Å². The number of hydrogen-bond donors (Lipinski definition) is 1. The average molecular weight is 245 g/mol. The standard InChI is InChI=1S/C9H15N3O3S/c1-12(2)5-6-15-9-4-3-8(7-11-9)16(10,13)14/h3-4,7H,5-6H2,1-2H3,(H2,10,13,14). The molecule has 0 aliphatic rings. The molecule has 0 spiro atoms. The molecule has 0 saturated carbocycles. The normalized spacial score (nSPS) is 11.8. The van der Waals surface area contributed by atoms with Crippen LogP contribution in [0.15, 0.2) is 23.2 Å². The van der Waals surface area contributed by atoms with Gasteiger partial charge in [-0.1, -0.05) is 0 Å². The molecule has 0 bridgehead atoms. The van der Waals surface area contributed by atoms with Crippen LogP contribution in [0.4, 0.5) is 0 Å². The first-order chi connectivity index (χ1) is 7.39. The Morgan fingerprint density at radius 3 is 2.56 bits per heavy atom. The van der Waals surface area contributed by atoms with Gasteiger partial charge in [0.25, 0.3) is 0 Å². The molecule has 1 rings (SSSR count). The summed E-state index contributed by atoms with van der Waals surface area (Å²) in [6, 6.07) is 2.85. The first kappa shape index (κ1) is 12.9. The summed E-state index contributed by atoms with van der Waals surface area (Å²) < 4.78 is 27.2. The molecule has 0 radical (unpaired) electrons. The number of nitrogens with zero attached hydrogens (tertiary/aromatic N) is 2. The number of rotatable bonds is 5. The maximum Gasteiger partial charge on any atom is 0.239 e. The quantitative estimate of drug-likeness (QED) is 0.767. The summed E-state index contributed by atoms with van der Waals surface area (Å²) in [4.78, 5) is 5.79. The predicted octanol–water partition coefficient (Wildman–Crippen LogP) is -0.331. The average Bonchev–Trinajstić information content (AvgIpc) is 2.16. The van der Waals surface area contributed by atoms with Gasteiger partial charge in [0, 0.05) is 12.6 Å². The third-order valence-electron chi connectivity index (χ3n) is 1.83. The lowest BCUT2D eigenvalue weighted by atomic mass is 10.5. The Labute approximate surface area is 95.1 Å². The molecule has 0 atom stereocenters. The molecule has 0 amide bonds. The minimum Gasteiger partial charge on any atom is -0.476 e. The van der Waals surface area contributed by atoms with Gasteiger partial charge in [-0.05, 0) is 20.2 Å². The summed E-state index contributed by atoms with van der Waals surface area (Å²) in [5.74, 6) is 0.384. The molecule has 0 fully saturated rings. The van der Waals surface area contributed by atoms with E-state index in [0.29, 0.717) is 12.5 Å². The maximum absolute atomic E-state index is 10.9. The van der Waals surface area contributed by atoms with Crippen LogP contribution < -0.4 is 9.88 Å². The fourth-order valence-corrected chi connectivity index (χ4v) is 1.41. The Morgan fingerprint density at radius 1 is 1.44 bits per heavy atom. The minimum atomic E-state index is -3.68. The topological polar surface area (TPSA) is 85.5 Å². The van der Waals surface area contributed by atoms with Crippen LogP contribution in [0.1, 0.15) is 0 Å². The first-order valence-electron chi connectivity index (χ1n) is 4.66. The van der Waals surface area contributed by atoms with Gasteiger partial charge in [-0.15, -0.1) is 0 Å². The summed E-state index contributed by atoms with van der Waals surface area (Å²) in [5.41, 5.74) is 0. The molecule has 0 unspecified atom stereocenters. The van der Waals surface area contributed by atoms with Crippen molar-refractivity contribution in [3.05, 3.63) is 18.3 Å². The van der Waals surface area contributed by atoms with Crippen molar-refractivity contribution in [3.8, 4) is 5.88 Å². The fraction of sp³-hybridized carbons (Fsp3) is 0.444. The van der Waals surface area contributed by atoms with Crippen LogP contribution in [-0.2, 0) is 10.0 Å². The van der Waals surface area contributed by atoms with Crippen LogP contribution in [0.25, 0.3) is 0 Å². The number of primary sulfonamides is 1. The summed E-state index contributed by atoms with van der Waals surface area (Å²) in [5, 5.41) is 4.93. The third kappa shape index (κ3) is 4.13. The molecule has 1 aromatic rings. The van der Waals surface area contributed by atoms with Crippen LogP contribution in [-0.4, -0.2) is 45.5 Å². The fourth-order valence-electron chi connectivity index (χ4n) is 0.953. The molecule has 1 aromatic heterocycles. The minimum absolute atomic E-state index is 0.0209. The Morgan fingerprint density at radius 2 is 2.12 bits per heavy atom.